The van der Waals surface area contributed by atoms with Gasteiger partial charge < -0.3 is 9.84 Å². The fourth-order valence-electron chi connectivity index (χ4n) is 3.58. The van der Waals surface area contributed by atoms with Crippen molar-refractivity contribution >= 4 is 0 Å². The van der Waals surface area contributed by atoms with Crippen molar-refractivity contribution in [2.45, 2.75) is 43.8 Å². The van der Waals surface area contributed by atoms with Crippen LogP contribution in [-0.4, -0.2) is 23.9 Å². The molecule has 3 nitrogen and oxygen atoms in total. The zero-order chi connectivity index (χ0) is 13.5. The van der Waals surface area contributed by atoms with E-state index in [1.54, 1.807) is 7.11 Å². The number of aliphatic hydroxyl groups is 1. The second-order valence-electron chi connectivity index (χ2n) is 5.94. The molecule has 0 aromatic heterocycles. The SMILES string of the molecule is COC1CC(O)(C2(C#N)CCc3ccccc3C2)C1. The monoisotopic (exact) mass is 257 g/mol. The van der Waals surface area contributed by atoms with Gasteiger partial charge in [0.05, 0.1) is 23.2 Å². The number of fused-ring (bicyclic) bond motifs is 1. The van der Waals surface area contributed by atoms with Crippen LogP contribution in [0.1, 0.15) is 30.4 Å². The summed E-state index contributed by atoms with van der Waals surface area (Å²) in [4.78, 5) is 0. The minimum absolute atomic E-state index is 0.104. The third-order valence-electron chi connectivity index (χ3n) is 5.00. The first-order chi connectivity index (χ1) is 9.12. The van der Waals surface area contributed by atoms with Gasteiger partial charge >= 0.3 is 0 Å². The highest BCUT2D eigenvalue weighted by Gasteiger charge is 2.59. The highest BCUT2D eigenvalue weighted by molar-refractivity contribution is 5.35. The molecular weight excluding hydrogens is 238 g/mol. The van der Waals surface area contributed by atoms with Gasteiger partial charge in [0.15, 0.2) is 0 Å². The number of methoxy groups -OCH3 is 1. The summed E-state index contributed by atoms with van der Waals surface area (Å²) in [5.74, 6) is 0. The van der Waals surface area contributed by atoms with E-state index in [4.69, 9.17) is 4.74 Å². The van der Waals surface area contributed by atoms with Gasteiger partial charge in [-0.05, 0) is 30.4 Å². The van der Waals surface area contributed by atoms with Gasteiger partial charge in [-0.1, -0.05) is 24.3 Å². The first kappa shape index (κ1) is 12.7. The maximum absolute atomic E-state index is 10.8. The van der Waals surface area contributed by atoms with E-state index in [0.717, 1.165) is 12.8 Å². The number of benzene rings is 1. The van der Waals surface area contributed by atoms with Gasteiger partial charge in [-0.15, -0.1) is 0 Å². The van der Waals surface area contributed by atoms with Crippen LogP contribution >= 0.6 is 0 Å². The molecule has 1 aromatic rings. The molecule has 1 aromatic carbocycles. The molecule has 0 aliphatic heterocycles. The van der Waals surface area contributed by atoms with Crippen molar-refractivity contribution in [3.8, 4) is 6.07 Å². The van der Waals surface area contributed by atoms with Crippen LogP contribution in [0, 0.1) is 16.7 Å². The zero-order valence-corrected chi connectivity index (χ0v) is 11.2. The van der Waals surface area contributed by atoms with Crippen LogP contribution in [0.5, 0.6) is 0 Å². The van der Waals surface area contributed by atoms with E-state index < -0.39 is 11.0 Å². The standard InChI is InChI=1S/C16H19NO2/c1-19-14-9-16(18,10-14)15(11-17)7-6-12-4-2-3-5-13(12)8-15/h2-5,14,18H,6-10H2,1H3. The molecule has 100 valence electrons. The summed E-state index contributed by atoms with van der Waals surface area (Å²) < 4.78 is 5.26. The van der Waals surface area contributed by atoms with Crippen LogP contribution in [0.3, 0.4) is 0 Å². The first-order valence-corrected chi connectivity index (χ1v) is 6.86. The molecule has 1 saturated carbocycles. The molecule has 1 N–H and O–H groups in total. The molecule has 1 unspecified atom stereocenters. The summed E-state index contributed by atoms with van der Waals surface area (Å²) in [5, 5.41) is 20.5. The highest BCUT2D eigenvalue weighted by atomic mass is 16.5. The van der Waals surface area contributed by atoms with Gasteiger partial charge in [0, 0.05) is 20.0 Å². The van der Waals surface area contributed by atoms with Gasteiger partial charge in [0.25, 0.3) is 0 Å². The Balaban J connectivity index is 1.89. The zero-order valence-electron chi connectivity index (χ0n) is 11.2. The minimum atomic E-state index is -0.879. The van der Waals surface area contributed by atoms with Gasteiger partial charge in [0.1, 0.15) is 0 Å². The number of rotatable bonds is 2. The normalized spacial score (nSPS) is 37.0. The average molecular weight is 257 g/mol. The summed E-state index contributed by atoms with van der Waals surface area (Å²) in [6.45, 7) is 0. The van der Waals surface area contributed by atoms with Crippen molar-refractivity contribution in [2.24, 2.45) is 5.41 Å². The van der Waals surface area contributed by atoms with Crippen molar-refractivity contribution < 1.29 is 9.84 Å². The van der Waals surface area contributed by atoms with E-state index in [0.29, 0.717) is 19.3 Å². The molecular formula is C16H19NO2. The molecule has 2 aliphatic carbocycles. The molecule has 0 radical (unpaired) electrons. The molecule has 0 heterocycles. The molecule has 1 atom stereocenters. The summed E-state index contributed by atoms with van der Waals surface area (Å²) in [5.41, 5.74) is 1.01. The van der Waals surface area contributed by atoms with Crippen molar-refractivity contribution in [2.75, 3.05) is 7.11 Å². The maximum atomic E-state index is 10.8. The van der Waals surface area contributed by atoms with Crippen LogP contribution in [0.2, 0.25) is 0 Å². The van der Waals surface area contributed by atoms with Gasteiger partial charge in [-0.25, -0.2) is 0 Å². The molecule has 1 fully saturated rings. The Bertz CT molecular complexity index is 528. The van der Waals surface area contributed by atoms with E-state index in [1.807, 2.05) is 12.1 Å². The molecule has 3 heteroatoms. The average Bonchev–Trinajstić information content (AvgIpc) is 2.43. The lowest BCUT2D eigenvalue weighted by atomic mass is 9.55. The fraction of sp³-hybridized carbons (Fsp3) is 0.562. The number of hydrogen-bond acceptors (Lipinski definition) is 3. The molecule has 0 amide bonds. The van der Waals surface area contributed by atoms with Crippen molar-refractivity contribution in [1.82, 2.24) is 0 Å². The van der Waals surface area contributed by atoms with Crippen LogP contribution in [0.4, 0.5) is 0 Å². The largest absolute Gasteiger partial charge is 0.388 e. The third-order valence-corrected chi connectivity index (χ3v) is 5.00. The van der Waals surface area contributed by atoms with E-state index in [-0.39, 0.29) is 6.10 Å². The molecule has 0 saturated heterocycles. The molecule has 0 bridgehead atoms. The Labute approximate surface area is 113 Å². The van der Waals surface area contributed by atoms with E-state index >= 15 is 0 Å². The topological polar surface area (TPSA) is 53.2 Å². The number of nitrogens with zero attached hydrogens (tertiary/aromatic N) is 1. The maximum Gasteiger partial charge on any atom is 0.0905 e. The van der Waals surface area contributed by atoms with Crippen LogP contribution in [-0.2, 0) is 17.6 Å². The van der Waals surface area contributed by atoms with Crippen molar-refractivity contribution in [3.63, 3.8) is 0 Å². The Hall–Kier alpha value is -1.37. The summed E-state index contributed by atoms with van der Waals surface area (Å²) >= 11 is 0. The number of ether oxygens (including phenoxy) is 1. The second kappa shape index (κ2) is 4.33. The van der Waals surface area contributed by atoms with Crippen molar-refractivity contribution in [1.29, 1.82) is 5.26 Å². The van der Waals surface area contributed by atoms with Crippen molar-refractivity contribution in [3.05, 3.63) is 35.4 Å². The Morgan fingerprint density at radius 2 is 2.00 bits per heavy atom. The Morgan fingerprint density at radius 3 is 2.63 bits per heavy atom. The summed E-state index contributed by atoms with van der Waals surface area (Å²) in [7, 11) is 1.67. The van der Waals surface area contributed by atoms with Gasteiger partial charge in [-0.2, -0.15) is 5.26 Å². The smallest absolute Gasteiger partial charge is 0.0905 e. The van der Waals surface area contributed by atoms with E-state index in [1.165, 1.54) is 11.1 Å². The molecule has 2 aliphatic rings. The van der Waals surface area contributed by atoms with Gasteiger partial charge in [0.2, 0.25) is 0 Å². The minimum Gasteiger partial charge on any atom is -0.388 e. The summed E-state index contributed by atoms with van der Waals surface area (Å²) in [6, 6.07) is 10.7. The van der Waals surface area contributed by atoms with E-state index in [2.05, 4.69) is 18.2 Å². The van der Waals surface area contributed by atoms with Crippen LogP contribution < -0.4 is 0 Å². The summed E-state index contributed by atoms with van der Waals surface area (Å²) in [6.07, 6.45) is 3.55. The predicted octanol–water partition coefficient (Wildman–Crippen LogP) is 2.23. The second-order valence-corrected chi connectivity index (χ2v) is 5.94. The first-order valence-electron chi connectivity index (χ1n) is 6.86. The lowest BCUT2D eigenvalue weighted by Gasteiger charge is -2.53. The Morgan fingerprint density at radius 1 is 1.32 bits per heavy atom. The Kier molecular flexibility index (Phi) is 2.88. The lowest BCUT2D eigenvalue weighted by Crippen LogP contribution is -2.60. The van der Waals surface area contributed by atoms with Crippen LogP contribution in [0.15, 0.2) is 24.3 Å². The lowest BCUT2D eigenvalue weighted by molar-refractivity contribution is -0.183. The van der Waals surface area contributed by atoms with E-state index in [9.17, 15) is 10.4 Å². The van der Waals surface area contributed by atoms with Crippen LogP contribution in [0.25, 0.3) is 0 Å². The number of hydrogen-bond donors (Lipinski definition) is 1. The molecule has 3 rings (SSSR count). The third kappa shape index (κ3) is 1.79. The number of aryl methyl sites for hydroxylation is 1. The number of nitriles is 1. The quantitative estimate of drug-likeness (QED) is 0.884. The fourth-order valence-corrected chi connectivity index (χ4v) is 3.58. The molecule has 19 heavy (non-hydrogen) atoms. The molecule has 0 spiro atoms. The highest BCUT2D eigenvalue weighted by Crippen LogP contribution is 2.53. The van der Waals surface area contributed by atoms with Gasteiger partial charge in [-0.3, -0.25) is 0 Å². The predicted molar refractivity (Wildman–Crippen MR) is 71.5 cm³/mol.